The van der Waals surface area contributed by atoms with E-state index < -0.39 is 47.9 Å². The van der Waals surface area contributed by atoms with Gasteiger partial charge in [-0.1, -0.05) is 53.6 Å². The van der Waals surface area contributed by atoms with Gasteiger partial charge in [0.05, 0.1) is 28.0 Å². The van der Waals surface area contributed by atoms with Crippen LogP contribution in [0.1, 0.15) is 43.9 Å². The number of ether oxygens (including phenoxy) is 1. The molecule has 3 aromatic carbocycles. The van der Waals surface area contributed by atoms with E-state index in [4.69, 9.17) is 27.9 Å². The highest BCUT2D eigenvalue weighted by Gasteiger charge is 2.51. The fraction of sp³-hybridized carbons (Fsp3) is 0.167. The number of Topliss-reactive ketones (excluding diaryl/α,β-unsaturated/α-hetero) is 1. The summed E-state index contributed by atoms with van der Waals surface area (Å²) < 4.78 is 5.36. The molecule has 0 radical (unpaired) electrons. The van der Waals surface area contributed by atoms with Crippen molar-refractivity contribution in [3.05, 3.63) is 112 Å². The Hall–Kier alpha value is -4.27. The molecule has 0 bridgehead atoms. The van der Waals surface area contributed by atoms with Gasteiger partial charge in [-0.15, -0.1) is 0 Å². The Labute approximate surface area is 239 Å². The van der Waals surface area contributed by atoms with E-state index in [-0.39, 0.29) is 21.9 Å². The van der Waals surface area contributed by atoms with Crippen molar-refractivity contribution in [3.63, 3.8) is 0 Å². The summed E-state index contributed by atoms with van der Waals surface area (Å²) in [5.74, 6) is -4.00. The first kappa shape index (κ1) is 27.3. The Morgan fingerprint density at radius 2 is 1.45 bits per heavy atom. The molecule has 1 fully saturated rings. The van der Waals surface area contributed by atoms with Crippen molar-refractivity contribution >= 4 is 52.7 Å². The number of amides is 3. The molecule has 1 aliphatic heterocycles. The minimum atomic E-state index is -0.795. The Bertz CT molecular complexity index is 1510. The van der Waals surface area contributed by atoms with Crippen LogP contribution in [0.4, 0.5) is 0 Å². The highest BCUT2D eigenvalue weighted by molar-refractivity contribution is 6.36. The van der Waals surface area contributed by atoms with Gasteiger partial charge in [0.25, 0.3) is 17.7 Å². The summed E-state index contributed by atoms with van der Waals surface area (Å²) in [4.78, 5) is 66.0. The molecule has 8 nitrogen and oxygen atoms in total. The third-order valence-electron chi connectivity index (χ3n) is 6.81. The summed E-state index contributed by atoms with van der Waals surface area (Å²) >= 11 is 12.3. The number of allylic oxidation sites excluding steroid dienone is 2. The summed E-state index contributed by atoms with van der Waals surface area (Å²) in [6, 6.07) is 18.4. The molecule has 1 saturated heterocycles. The average molecular weight is 577 g/mol. The Balaban J connectivity index is 1.40. The van der Waals surface area contributed by atoms with Gasteiger partial charge >= 0.3 is 5.97 Å². The largest absolute Gasteiger partial charge is 0.423 e. The third-order valence-corrected chi connectivity index (χ3v) is 7.36. The van der Waals surface area contributed by atoms with Gasteiger partial charge in [0.1, 0.15) is 12.3 Å². The first-order chi connectivity index (χ1) is 19.2. The lowest BCUT2D eigenvalue weighted by molar-refractivity contribution is -0.154. The predicted molar refractivity (Wildman–Crippen MR) is 147 cm³/mol. The van der Waals surface area contributed by atoms with Crippen molar-refractivity contribution in [1.29, 1.82) is 0 Å². The topological polar surface area (TPSA) is 101 Å². The van der Waals surface area contributed by atoms with E-state index in [0.29, 0.717) is 23.4 Å². The number of carbonyl (C=O) groups is 5. The van der Waals surface area contributed by atoms with E-state index in [9.17, 15) is 24.0 Å². The van der Waals surface area contributed by atoms with Crippen LogP contribution in [0.3, 0.4) is 0 Å². The Morgan fingerprint density at radius 3 is 2.05 bits per heavy atom. The Kier molecular flexibility index (Phi) is 7.82. The molecule has 3 amide bonds. The van der Waals surface area contributed by atoms with E-state index in [1.54, 1.807) is 30.3 Å². The standard InChI is InChI=1S/C30H22Cl2N2O6/c31-20-12-15-24(25(32)16-20)27(36)33(34-28(37)22-8-4-5-9-23(22)29(34)38)17-26(35)18-10-13-21(14-11-18)40-30(39)19-6-2-1-3-7-19/h1-7,10-16,22-23H,8-9,17H2/t22-,23+. The van der Waals surface area contributed by atoms with E-state index in [1.165, 1.54) is 42.5 Å². The monoisotopic (exact) mass is 576 g/mol. The summed E-state index contributed by atoms with van der Waals surface area (Å²) in [7, 11) is 0. The van der Waals surface area contributed by atoms with Crippen LogP contribution in [0.2, 0.25) is 10.0 Å². The first-order valence-corrected chi connectivity index (χ1v) is 13.2. The number of nitrogens with zero attached hydrogens (tertiary/aromatic N) is 2. The number of hydrogen-bond donors (Lipinski definition) is 0. The number of esters is 1. The molecule has 0 N–H and O–H groups in total. The fourth-order valence-corrected chi connectivity index (χ4v) is 5.22. The van der Waals surface area contributed by atoms with E-state index in [1.807, 2.05) is 12.2 Å². The predicted octanol–water partition coefficient (Wildman–Crippen LogP) is 5.40. The first-order valence-electron chi connectivity index (χ1n) is 12.4. The molecular formula is C30H22Cl2N2O6. The SMILES string of the molecule is O=C(CN(C(=O)c1ccc(Cl)cc1Cl)N1C(=O)[C@H]2CC=CC[C@H]2C1=O)c1ccc(OC(=O)c2ccccc2)cc1. The van der Waals surface area contributed by atoms with Gasteiger partial charge in [0.2, 0.25) is 0 Å². The van der Waals surface area contributed by atoms with Gasteiger partial charge in [-0.2, -0.15) is 5.01 Å². The molecular weight excluding hydrogens is 555 g/mol. The molecule has 0 spiro atoms. The van der Waals surface area contributed by atoms with Crippen LogP contribution in [-0.4, -0.2) is 46.0 Å². The minimum absolute atomic E-state index is 0.0118. The molecule has 5 rings (SSSR count). The molecule has 3 aromatic rings. The molecule has 2 atom stereocenters. The smallest absolute Gasteiger partial charge is 0.343 e. The van der Waals surface area contributed by atoms with Gasteiger partial charge in [-0.3, -0.25) is 19.2 Å². The van der Waals surface area contributed by atoms with Gasteiger partial charge in [0.15, 0.2) is 5.78 Å². The molecule has 1 aliphatic carbocycles. The number of hydrazine groups is 1. The third kappa shape index (κ3) is 5.41. The lowest BCUT2D eigenvalue weighted by atomic mass is 9.85. The molecule has 202 valence electrons. The molecule has 0 aromatic heterocycles. The van der Waals surface area contributed by atoms with Crippen molar-refractivity contribution in [3.8, 4) is 5.75 Å². The molecule has 40 heavy (non-hydrogen) atoms. The quantitative estimate of drug-likeness (QED) is 0.123. The van der Waals surface area contributed by atoms with Gasteiger partial charge in [-0.05, 0) is 67.4 Å². The normalized spacial score (nSPS) is 17.9. The number of carbonyl (C=O) groups excluding carboxylic acids is 5. The zero-order chi connectivity index (χ0) is 28.4. The maximum atomic E-state index is 13.7. The summed E-state index contributed by atoms with van der Waals surface area (Å²) in [5, 5.41) is 1.94. The highest BCUT2D eigenvalue weighted by atomic mass is 35.5. The lowest BCUT2D eigenvalue weighted by Crippen LogP contribution is -2.52. The lowest BCUT2D eigenvalue weighted by Gasteiger charge is -2.30. The summed E-state index contributed by atoms with van der Waals surface area (Å²) in [5.41, 5.74) is 0.529. The van der Waals surface area contributed by atoms with E-state index >= 15 is 0 Å². The van der Waals surface area contributed by atoms with E-state index in [0.717, 1.165) is 10.0 Å². The van der Waals surface area contributed by atoms with Crippen molar-refractivity contribution in [1.82, 2.24) is 10.0 Å². The van der Waals surface area contributed by atoms with Crippen molar-refractivity contribution in [2.24, 2.45) is 11.8 Å². The average Bonchev–Trinajstić information content (AvgIpc) is 3.21. The molecule has 0 unspecified atom stereocenters. The van der Waals surface area contributed by atoms with Crippen molar-refractivity contribution < 1.29 is 28.7 Å². The number of benzene rings is 3. The molecule has 0 saturated carbocycles. The van der Waals surface area contributed by atoms with Gasteiger partial charge in [-0.25, -0.2) is 9.80 Å². The number of fused-ring (bicyclic) bond motifs is 1. The van der Waals surface area contributed by atoms with Crippen LogP contribution >= 0.6 is 23.2 Å². The van der Waals surface area contributed by atoms with Crippen LogP contribution in [0.25, 0.3) is 0 Å². The highest BCUT2D eigenvalue weighted by Crippen LogP contribution is 2.36. The van der Waals surface area contributed by atoms with Crippen LogP contribution in [0, 0.1) is 11.8 Å². The van der Waals surface area contributed by atoms with Gasteiger partial charge < -0.3 is 4.74 Å². The van der Waals surface area contributed by atoms with Crippen LogP contribution in [0.15, 0.2) is 84.9 Å². The van der Waals surface area contributed by atoms with Crippen LogP contribution in [0.5, 0.6) is 5.75 Å². The van der Waals surface area contributed by atoms with Crippen molar-refractivity contribution in [2.75, 3.05) is 6.54 Å². The molecule has 2 aliphatic rings. The van der Waals surface area contributed by atoms with Gasteiger partial charge in [0, 0.05) is 10.6 Å². The van der Waals surface area contributed by atoms with Crippen molar-refractivity contribution in [2.45, 2.75) is 12.8 Å². The second kappa shape index (κ2) is 11.5. The summed E-state index contributed by atoms with van der Waals surface area (Å²) in [6.45, 7) is -0.606. The number of halogens is 2. The maximum absolute atomic E-state index is 13.7. The number of imide groups is 1. The Morgan fingerprint density at radius 1 is 0.825 bits per heavy atom. The minimum Gasteiger partial charge on any atom is -0.423 e. The van der Waals surface area contributed by atoms with E-state index in [2.05, 4.69) is 0 Å². The molecule has 10 heteroatoms. The summed E-state index contributed by atoms with van der Waals surface area (Å²) in [6.07, 6.45) is 4.39. The zero-order valence-electron chi connectivity index (χ0n) is 21.0. The van der Waals surface area contributed by atoms with Crippen LogP contribution in [-0.2, 0) is 9.59 Å². The number of hydrogen-bond acceptors (Lipinski definition) is 6. The number of ketones is 1. The maximum Gasteiger partial charge on any atom is 0.343 e. The second-order valence-electron chi connectivity index (χ2n) is 9.33. The second-order valence-corrected chi connectivity index (χ2v) is 10.2. The zero-order valence-corrected chi connectivity index (χ0v) is 22.5. The van der Waals surface area contributed by atoms with Crippen LogP contribution < -0.4 is 4.74 Å². The fourth-order valence-electron chi connectivity index (χ4n) is 4.73. The number of rotatable bonds is 7. The molecule has 1 heterocycles.